The molecule has 2 aromatic rings. The minimum Gasteiger partial charge on any atom is -0.492 e. The number of nitrogens with zero attached hydrogens (tertiary/aromatic N) is 1. The minimum absolute atomic E-state index is 0.0527. The van der Waals surface area contributed by atoms with Crippen LogP contribution >= 0.6 is 0 Å². The highest BCUT2D eigenvalue weighted by Gasteiger charge is 2.04. The Labute approximate surface area is 161 Å². The zero-order chi connectivity index (χ0) is 19.5. The van der Waals surface area contributed by atoms with Crippen molar-refractivity contribution in [1.29, 1.82) is 0 Å². The van der Waals surface area contributed by atoms with E-state index in [4.69, 9.17) is 4.74 Å². The Balaban J connectivity index is 1.72. The van der Waals surface area contributed by atoms with Crippen LogP contribution in [0.1, 0.15) is 28.4 Å². The third-order valence-electron chi connectivity index (χ3n) is 3.92. The largest absolute Gasteiger partial charge is 0.492 e. The quantitative estimate of drug-likeness (QED) is 0.380. The third kappa shape index (κ3) is 7.01. The van der Waals surface area contributed by atoms with Crippen LogP contribution in [0.5, 0.6) is 5.75 Å². The van der Waals surface area contributed by atoms with E-state index >= 15 is 0 Å². The lowest BCUT2D eigenvalue weighted by molar-refractivity contribution is 0.0956. The first-order valence-corrected chi connectivity index (χ1v) is 9.13. The summed E-state index contributed by atoms with van der Waals surface area (Å²) in [6.45, 7) is 6.38. The Morgan fingerprint density at radius 1 is 1.00 bits per heavy atom. The Morgan fingerprint density at radius 2 is 1.70 bits per heavy atom. The zero-order valence-corrected chi connectivity index (χ0v) is 16.2. The number of carbonyl (C=O) groups is 1. The summed E-state index contributed by atoms with van der Waals surface area (Å²) in [5.41, 5.74) is 2.95. The van der Waals surface area contributed by atoms with Crippen molar-refractivity contribution in [2.75, 3.05) is 26.7 Å². The van der Waals surface area contributed by atoms with Gasteiger partial charge in [-0.15, -0.1) is 0 Å². The van der Waals surface area contributed by atoms with E-state index in [1.165, 1.54) is 5.56 Å². The molecule has 0 saturated heterocycles. The number of nitrogens with one attached hydrogen (secondary N) is 3. The van der Waals surface area contributed by atoms with E-state index in [2.05, 4.69) is 27.9 Å². The maximum absolute atomic E-state index is 11.8. The number of carbonyl (C=O) groups excluding carboxylic acids is 1. The number of benzene rings is 2. The summed E-state index contributed by atoms with van der Waals surface area (Å²) in [7, 11) is 1.73. The van der Waals surface area contributed by atoms with Crippen LogP contribution in [0.3, 0.4) is 0 Å². The number of hydrogen-bond donors (Lipinski definition) is 3. The molecule has 0 saturated carbocycles. The number of ether oxygens (including phenoxy) is 1. The van der Waals surface area contributed by atoms with Gasteiger partial charge in [0.25, 0.3) is 5.91 Å². The van der Waals surface area contributed by atoms with Gasteiger partial charge in [-0.25, -0.2) is 0 Å². The highest BCUT2D eigenvalue weighted by molar-refractivity contribution is 5.94. The molecule has 0 bridgehead atoms. The van der Waals surface area contributed by atoms with Crippen LogP contribution in [-0.2, 0) is 6.54 Å². The molecule has 0 heterocycles. The van der Waals surface area contributed by atoms with Gasteiger partial charge in [0.1, 0.15) is 12.4 Å². The number of guanidine groups is 1. The topological polar surface area (TPSA) is 74.8 Å². The molecule has 0 spiro atoms. The van der Waals surface area contributed by atoms with Crippen LogP contribution in [-0.4, -0.2) is 38.6 Å². The summed E-state index contributed by atoms with van der Waals surface area (Å²) in [5.74, 6) is 1.51. The number of rotatable bonds is 8. The van der Waals surface area contributed by atoms with Crippen LogP contribution in [0.15, 0.2) is 53.5 Å². The molecule has 6 heteroatoms. The molecule has 3 N–H and O–H groups in total. The molecule has 0 aliphatic rings. The standard InChI is InChI=1S/C21H28N4O2/c1-4-23-20(26)18-9-7-17(8-10-18)15-25-21(22-3)24-13-14-27-19-11-5-16(2)6-12-19/h5-12H,4,13-15H2,1-3H3,(H,23,26)(H2,22,24,25). The summed E-state index contributed by atoms with van der Waals surface area (Å²) in [6.07, 6.45) is 0. The fourth-order valence-corrected chi connectivity index (χ4v) is 2.42. The van der Waals surface area contributed by atoms with Crippen molar-refractivity contribution in [1.82, 2.24) is 16.0 Å². The zero-order valence-electron chi connectivity index (χ0n) is 16.2. The molecule has 27 heavy (non-hydrogen) atoms. The highest BCUT2D eigenvalue weighted by Crippen LogP contribution is 2.10. The number of aryl methyl sites for hydroxylation is 1. The van der Waals surface area contributed by atoms with E-state index in [0.717, 1.165) is 11.3 Å². The lowest BCUT2D eigenvalue weighted by atomic mass is 10.1. The number of amides is 1. The average molecular weight is 368 g/mol. The van der Waals surface area contributed by atoms with Crippen LogP contribution in [0.4, 0.5) is 0 Å². The van der Waals surface area contributed by atoms with Crippen LogP contribution < -0.4 is 20.7 Å². The summed E-state index contributed by atoms with van der Waals surface area (Å²) < 4.78 is 5.69. The maximum Gasteiger partial charge on any atom is 0.251 e. The second-order valence-corrected chi connectivity index (χ2v) is 6.07. The molecule has 0 aliphatic carbocycles. The fourth-order valence-electron chi connectivity index (χ4n) is 2.42. The van der Waals surface area contributed by atoms with E-state index in [9.17, 15) is 4.79 Å². The molecular formula is C21H28N4O2. The van der Waals surface area contributed by atoms with Gasteiger partial charge in [0, 0.05) is 25.7 Å². The van der Waals surface area contributed by atoms with Gasteiger partial charge in [-0.05, 0) is 43.7 Å². The molecule has 0 unspecified atom stereocenters. The van der Waals surface area contributed by atoms with Crippen molar-refractivity contribution in [3.63, 3.8) is 0 Å². The SMILES string of the molecule is CCNC(=O)c1ccc(CNC(=NC)NCCOc2ccc(C)cc2)cc1. The normalized spacial score (nSPS) is 11.0. The first-order chi connectivity index (χ1) is 13.1. The second-order valence-electron chi connectivity index (χ2n) is 6.07. The molecule has 0 aromatic heterocycles. The predicted molar refractivity (Wildman–Crippen MR) is 109 cm³/mol. The smallest absolute Gasteiger partial charge is 0.251 e. The first kappa shape index (κ1) is 20.3. The summed E-state index contributed by atoms with van der Waals surface area (Å²) in [5, 5.41) is 9.25. The van der Waals surface area contributed by atoms with Crippen LogP contribution in [0.25, 0.3) is 0 Å². The van der Waals surface area contributed by atoms with E-state index in [1.54, 1.807) is 7.05 Å². The monoisotopic (exact) mass is 368 g/mol. The van der Waals surface area contributed by atoms with Gasteiger partial charge in [-0.2, -0.15) is 0 Å². The van der Waals surface area contributed by atoms with E-state index in [-0.39, 0.29) is 5.91 Å². The Morgan fingerprint density at radius 3 is 2.33 bits per heavy atom. The molecule has 0 fully saturated rings. The Bertz CT molecular complexity index is 740. The minimum atomic E-state index is -0.0527. The summed E-state index contributed by atoms with van der Waals surface area (Å²) in [4.78, 5) is 16.0. The third-order valence-corrected chi connectivity index (χ3v) is 3.92. The van der Waals surface area contributed by atoms with Crippen molar-refractivity contribution >= 4 is 11.9 Å². The van der Waals surface area contributed by atoms with Gasteiger partial charge in [0.15, 0.2) is 5.96 Å². The maximum atomic E-state index is 11.8. The average Bonchev–Trinajstić information content (AvgIpc) is 2.69. The Hall–Kier alpha value is -3.02. The van der Waals surface area contributed by atoms with Gasteiger partial charge in [0.05, 0.1) is 6.54 Å². The molecule has 6 nitrogen and oxygen atoms in total. The number of aliphatic imine (C=N–C) groups is 1. The predicted octanol–water partition coefficient (Wildman–Crippen LogP) is 2.49. The van der Waals surface area contributed by atoms with Gasteiger partial charge in [0.2, 0.25) is 0 Å². The van der Waals surface area contributed by atoms with Crippen molar-refractivity contribution in [2.45, 2.75) is 20.4 Å². The summed E-state index contributed by atoms with van der Waals surface area (Å²) in [6, 6.07) is 15.5. The van der Waals surface area contributed by atoms with Crippen LogP contribution in [0.2, 0.25) is 0 Å². The van der Waals surface area contributed by atoms with Gasteiger partial charge >= 0.3 is 0 Å². The van der Waals surface area contributed by atoms with Gasteiger partial charge < -0.3 is 20.7 Å². The molecular weight excluding hydrogens is 340 g/mol. The lowest BCUT2D eigenvalue weighted by Gasteiger charge is -2.13. The molecule has 2 rings (SSSR count). The fraction of sp³-hybridized carbons (Fsp3) is 0.333. The Kier molecular flexibility index (Phi) is 8.16. The van der Waals surface area contributed by atoms with Gasteiger partial charge in [-0.3, -0.25) is 9.79 Å². The van der Waals surface area contributed by atoms with Gasteiger partial charge in [-0.1, -0.05) is 29.8 Å². The molecule has 0 atom stereocenters. The van der Waals surface area contributed by atoms with Crippen molar-refractivity contribution in [3.05, 3.63) is 65.2 Å². The first-order valence-electron chi connectivity index (χ1n) is 9.13. The molecule has 0 radical (unpaired) electrons. The molecule has 0 aliphatic heterocycles. The van der Waals surface area contributed by atoms with Crippen LogP contribution in [0, 0.1) is 6.92 Å². The van der Waals surface area contributed by atoms with Crippen molar-refractivity contribution < 1.29 is 9.53 Å². The van der Waals surface area contributed by atoms with Crippen molar-refractivity contribution in [3.8, 4) is 5.75 Å². The lowest BCUT2D eigenvalue weighted by Crippen LogP contribution is -2.38. The molecule has 2 aromatic carbocycles. The van der Waals surface area contributed by atoms with E-state index in [1.807, 2.05) is 55.5 Å². The summed E-state index contributed by atoms with van der Waals surface area (Å²) >= 11 is 0. The molecule has 144 valence electrons. The number of hydrogen-bond acceptors (Lipinski definition) is 3. The van der Waals surface area contributed by atoms with Crippen molar-refractivity contribution in [2.24, 2.45) is 4.99 Å². The molecule has 1 amide bonds. The highest BCUT2D eigenvalue weighted by atomic mass is 16.5. The second kappa shape index (κ2) is 10.9. The van der Waals surface area contributed by atoms with E-state index in [0.29, 0.717) is 37.8 Å². The van der Waals surface area contributed by atoms with E-state index < -0.39 is 0 Å².